The van der Waals surface area contributed by atoms with Gasteiger partial charge < -0.3 is 10.2 Å². The summed E-state index contributed by atoms with van der Waals surface area (Å²) in [5, 5.41) is 7.28. The maximum atomic E-state index is 12.6. The number of pyridine rings is 1. The Bertz CT molecular complexity index is 997. The molecule has 1 atom stereocenters. The number of rotatable bonds is 0. The first-order valence-electron chi connectivity index (χ1n) is 9.65. The van der Waals surface area contributed by atoms with E-state index < -0.39 is 0 Å². The van der Waals surface area contributed by atoms with Gasteiger partial charge in [0.25, 0.3) is 5.91 Å². The molecule has 1 unspecified atom stereocenters. The highest BCUT2D eigenvalue weighted by molar-refractivity contribution is 5.99. The molecular weight excluding hydrogens is 340 g/mol. The summed E-state index contributed by atoms with van der Waals surface area (Å²) >= 11 is 0. The molecule has 5 heterocycles. The molecule has 3 aromatic rings. The minimum atomic E-state index is -0.110. The number of aromatic nitrogens is 4. The summed E-state index contributed by atoms with van der Waals surface area (Å²) in [7, 11) is 0. The van der Waals surface area contributed by atoms with Crippen LogP contribution in [0.15, 0.2) is 36.7 Å². The van der Waals surface area contributed by atoms with E-state index in [1.54, 1.807) is 10.7 Å². The largest absolute Gasteiger partial charge is 0.352 e. The van der Waals surface area contributed by atoms with Crippen LogP contribution in [0.1, 0.15) is 53.5 Å². The second-order valence-corrected chi connectivity index (χ2v) is 7.23. The van der Waals surface area contributed by atoms with Crippen LogP contribution in [0.3, 0.4) is 0 Å². The fraction of sp³-hybridized carbons (Fsp3) is 0.400. The van der Waals surface area contributed by atoms with Gasteiger partial charge in [0.2, 0.25) is 0 Å². The zero-order valence-electron chi connectivity index (χ0n) is 15.1. The molecule has 0 radical (unpaired) electrons. The third-order valence-corrected chi connectivity index (χ3v) is 5.46. The van der Waals surface area contributed by atoms with Crippen LogP contribution >= 0.6 is 0 Å². The summed E-state index contributed by atoms with van der Waals surface area (Å²) in [6.07, 6.45) is 8.51. The highest BCUT2D eigenvalue weighted by Gasteiger charge is 2.29. The second-order valence-electron chi connectivity index (χ2n) is 7.23. The van der Waals surface area contributed by atoms with Crippen LogP contribution < -0.4 is 10.2 Å². The number of nitrogens with zero attached hydrogens (tertiary/aromatic N) is 5. The van der Waals surface area contributed by atoms with Crippen LogP contribution in [-0.4, -0.2) is 38.6 Å². The van der Waals surface area contributed by atoms with Crippen molar-refractivity contribution in [2.24, 2.45) is 0 Å². The zero-order chi connectivity index (χ0) is 18.2. The Balaban J connectivity index is 1.62. The lowest BCUT2D eigenvalue weighted by Crippen LogP contribution is -2.25. The summed E-state index contributed by atoms with van der Waals surface area (Å²) in [5.41, 5.74) is 3.37. The average Bonchev–Trinajstić information content (AvgIpc) is 3.34. The first-order chi connectivity index (χ1) is 13.3. The van der Waals surface area contributed by atoms with Gasteiger partial charge in [0.05, 0.1) is 17.9 Å². The van der Waals surface area contributed by atoms with Crippen molar-refractivity contribution in [1.82, 2.24) is 24.9 Å². The fourth-order valence-electron chi connectivity index (χ4n) is 4.08. The van der Waals surface area contributed by atoms with Crippen molar-refractivity contribution < 1.29 is 4.79 Å². The number of anilines is 1. The molecule has 5 rings (SSSR count). The summed E-state index contributed by atoms with van der Waals surface area (Å²) < 4.78 is 1.67. The molecule has 27 heavy (non-hydrogen) atoms. The molecule has 1 amide bonds. The van der Waals surface area contributed by atoms with Gasteiger partial charge in [0.1, 0.15) is 11.4 Å². The molecule has 3 aromatic heterocycles. The molecule has 4 bridgehead atoms. The molecule has 0 aromatic carbocycles. The molecule has 138 valence electrons. The van der Waals surface area contributed by atoms with Gasteiger partial charge in [-0.25, -0.2) is 9.50 Å². The second kappa shape index (κ2) is 6.64. The molecule has 1 saturated heterocycles. The number of hydrogen-bond donors (Lipinski definition) is 1. The van der Waals surface area contributed by atoms with E-state index in [9.17, 15) is 4.79 Å². The zero-order valence-corrected chi connectivity index (χ0v) is 15.1. The Morgan fingerprint density at radius 2 is 2.07 bits per heavy atom. The van der Waals surface area contributed by atoms with E-state index in [-0.39, 0.29) is 11.9 Å². The SMILES string of the molecule is O=C1NCCCCc2cccc(n2)C2CCCN2c2ccn3ncc1c3n2. The lowest BCUT2D eigenvalue weighted by molar-refractivity contribution is 0.0954. The topological polar surface area (TPSA) is 75.4 Å². The van der Waals surface area contributed by atoms with Gasteiger partial charge in [0.15, 0.2) is 5.65 Å². The van der Waals surface area contributed by atoms with Crippen molar-refractivity contribution in [2.75, 3.05) is 18.0 Å². The first-order valence-corrected chi connectivity index (χ1v) is 9.65. The Labute approximate surface area is 157 Å². The standard InChI is InChI=1S/C20H22N6O/c27-20-15-13-22-26-12-9-18(24-19(15)26)25-11-4-8-17(25)16-7-3-6-14(23-16)5-1-2-10-21-20/h3,6-7,9,12-13,17H,1-2,4-5,8,10-11H2,(H,21,27). The first kappa shape index (κ1) is 16.2. The van der Waals surface area contributed by atoms with Gasteiger partial charge in [0, 0.05) is 25.0 Å². The Morgan fingerprint density at radius 1 is 1.11 bits per heavy atom. The van der Waals surface area contributed by atoms with E-state index in [0.717, 1.165) is 55.9 Å². The van der Waals surface area contributed by atoms with Gasteiger partial charge in [-0.2, -0.15) is 5.10 Å². The fourth-order valence-corrected chi connectivity index (χ4v) is 4.08. The van der Waals surface area contributed by atoms with Gasteiger partial charge in [-0.15, -0.1) is 0 Å². The Kier molecular flexibility index (Phi) is 3.99. The highest BCUT2D eigenvalue weighted by Crippen LogP contribution is 2.34. The summed E-state index contributed by atoms with van der Waals surface area (Å²) in [4.78, 5) is 24.6. The van der Waals surface area contributed by atoms with E-state index in [2.05, 4.69) is 33.5 Å². The number of carbonyl (C=O) groups excluding carboxylic acids is 1. The molecule has 0 spiro atoms. The summed E-state index contributed by atoms with van der Waals surface area (Å²) in [6, 6.07) is 8.53. The highest BCUT2D eigenvalue weighted by atomic mass is 16.1. The van der Waals surface area contributed by atoms with Crippen molar-refractivity contribution in [3.63, 3.8) is 0 Å². The molecule has 2 aliphatic rings. The number of aryl methyl sites for hydroxylation is 1. The van der Waals surface area contributed by atoms with Gasteiger partial charge in [-0.1, -0.05) is 6.07 Å². The molecule has 7 nitrogen and oxygen atoms in total. The van der Waals surface area contributed by atoms with E-state index in [1.807, 2.05) is 12.3 Å². The molecule has 1 fully saturated rings. The summed E-state index contributed by atoms with van der Waals surface area (Å²) in [5.74, 6) is 0.766. The number of amides is 1. The van der Waals surface area contributed by atoms with Gasteiger partial charge >= 0.3 is 0 Å². The van der Waals surface area contributed by atoms with Crippen LogP contribution in [0.2, 0.25) is 0 Å². The lowest BCUT2D eigenvalue weighted by Gasteiger charge is -2.25. The quantitative estimate of drug-likeness (QED) is 0.665. The predicted octanol–water partition coefficient (Wildman–Crippen LogP) is 2.53. The number of carbonyl (C=O) groups is 1. The van der Waals surface area contributed by atoms with Crippen molar-refractivity contribution in [3.05, 3.63) is 53.6 Å². The van der Waals surface area contributed by atoms with Crippen molar-refractivity contribution in [2.45, 2.75) is 38.1 Å². The molecule has 1 N–H and O–H groups in total. The predicted molar refractivity (Wildman–Crippen MR) is 102 cm³/mol. The van der Waals surface area contributed by atoms with Crippen LogP contribution in [0.25, 0.3) is 5.65 Å². The number of hydrogen-bond acceptors (Lipinski definition) is 5. The van der Waals surface area contributed by atoms with E-state index in [4.69, 9.17) is 9.97 Å². The third-order valence-electron chi connectivity index (χ3n) is 5.46. The molecule has 0 saturated carbocycles. The minimum absolute atomic E-state index is 0.110. The maximum Gasteiger partial charge on any atom is 0.256 e. The molecule has 2 aliphatic heterocycles. The van der Waals surface area contributed by atoms with E-state index in [1.165, 1.54) is 0 Å². The van der Waals surface area contributed by atoms with Crippen molar-refractivity contribution in [1.29, 1.82) is 0 Å². The average molecular weight is 362 g/mol. The van der Waals surface area contributed by atoms with Gasteiger partial charge in [-0.3, -0.25) is 9.78 Å². The number of fused-ring (bicyclic) bond motifs is 6. The smallest absolute Gasteiger partial charge is 0.256 e. The molecular formula is C20H22N6O. The molecule has 0 aliphatic carbocycles. The minimum Gasteiger partial charge on any atom is -0.352 e. The van der Waals surface area contributed by atoms with E-state index in [0.29, 0.717) is 17.8 Å². The van der Waals surface area contributed by atoms with E-state index >= 15 is 0 Å². The Hall–Kier alpha value is -2.96. The van der Waals surface area contributed by atoms with Crippen LogP contribution in [0.5, 0.6) is 0 Å². The van der Waals surface area contributed by atoms with Crippen molar-refractivity contribution in [3.8, 4) is 0 Å². The van der Waals surface area contributed by atoms with Gasteiger partial charge in [-0.05, 0) is 50.3 Å². The van der Waals surface area contributed by atoms with Crippen LogP contribution in [0, 0.1) is 0 Å². The molecule has 7 heteroatoms. The maximum absolute atomic E-state index is 12.6. The number of nitrogens with one attached hydrogen (secondary N) is 1. The summed E-state index contributed by atoms with van der Waals surface area (Å²) in [6.45, 7) is 1.58. The van der Waals surface area contributed by atoms with Crippen LogP contribution in [0.4, 0.5) is 5.82 Å². The lowest BCUT2D eigenvalue weighted by atomic mass is 10.1. The normalized spacial score (nSPS) is 20.2. The van der Waals surface area contributed by atoms with Crippen LogP contribution in [-0.2, 0) is 6.42 Å². The Morgan fingerprint density at radius 3 is 3.04 bits per heavy atom. The monoisotopic (exact) mass is 362 g/mol. The van der Waals surface area contributed by atoms with Crippen molar-refractivity contribution >= 4 is 17.4 Å². The third kappa shape index (κ3) is 2.93.